The van der Waals surface area contributed by atoms with E-state index >= 15 is 0 Å². The highest BCUT2D eigenvalue weighted by molar-refractivity contribution is 5.67. The van der Waals surface area contributed by atoms with Crippen LogP contribution in [0.3, 0.4) is 0 Å². The highest BCUT2D eigenvalue weighted by Crippen LogP contribution is 2.21. The van der Waals surface area contributed by atoms with Crippen LogP contribution < -0.4 is 11.5 Å². The Bertz CT molecular complexity index is 377. The molecule has 15 heavy (non-hydrogen) atoms. The van der Waals surface area contributed by atoms with Crippen LogP contribution in [-0.2, 0) is 0 Å². The lowest BCUT2D eigenvalue weighted by atomic mass is 10.1. The summed E-state index contributed by atoms with van der Waals surface area (Å²) in [5.74, 6) is 0. The molecule has 0 fully saturated rings. The number of hydrogen-bond acceptors (Lipinski definition) is 2. The van der Waals surface area contributed by atoms with E-state index in [-0.39, 0.29) is 5.48 Å². The maximum atomic E-state index is 5.61. The molecule has 3 heteroatoms. The number of anilines is 2. The van der Waals surface area contributed by atoms with Crippen molar-refractivity contribution in [3.63, 3.8) is 0 Å². The van der Waals surface area contributed by atoms with Crippen LogP contribution >= 0.6 is 0 Å². The van der Waals surface area contributed by atoms with E-state index in [2.05, 4.69) is 0 Å². The second kappa shape index (κ2) is 4.48. The average molecular weight is 202 g/mol. The van der Waals surface area contributed by atoms with Gasteiger partial charge in [0.25, 0.3) is 0 Å². The normalized spacial score (nSPS) is 9.33. The topological polar surface area (TPSA) is 83.5 Å². The molecule has 78 valence electrons. The van der Waals surface area contributed by atoms with Gasteiger partial charge in [0.15, 0.2) is 0 Å². The Labute approximate surface area is 88.6 Å². The third-order valence-corrected chi connectivity index (χ3v) is 2.15. The largest absolute Gasteiger partial charge is 0.412 e. The lowest BCUT2D eigenvalue weighted by molar-refractivity contribution is 0.824. The van der Waals surface area contributed by atoms with Crippen LogP contribution in [0.1, 0.15) is 0 Å². The Morgan fingerprint density at radius 2 is 0.800 bits per heavy atom. The molecule has 0 unspecified atom stereocenters. The van der Waals surface area contributed by atoms with Gasteiger partial charge in [0.2, 0.25) is 0 Å². The fourth-order valence-electron chi connectivity index (χ4n) is 1.35. The van der Waals surface area contributed by atoms with Gasteiger partial charge >= 0.3 is 0 Å². The zero-order valence-electron chi connectivity index (χ0n) is 8.27. The third kappa shape index (κ3) is 2.48. The quantitative estimate of drug-likeness (QED) is 0.690. The average Bonchev–Trinajstić information content (AvgIpc) is 2.21. The van der Waals surface area contributed by atoms with E-state index in [0.717, 1.165) is 22.5 Å². The SMILES string of the molecule is Nc1ccc(-c2ccc(N)cc2)cc1.O. The first-order chi connectivity index (χ1) is 6.75. The summed E-state index contributed by atoms with van der Waals surface area (Å²) < 4.78 is 0. The standard InChI is InChI=1S/C12H12N2.H2O/c13-11-5-1-9(2-6-11)10-3-7-12(14)8-4-10;/h1-8H,13-14H2;1H2. The van der Waals surface area contributed by atoms with Gasteiger partial charge in [-0.1, -0.05) is 24.3 Å². The monoisotopic (exact) mass is 202 g/mol. The molecule has 2 aromatic carbocycles. The van der Waals surface area contributed by atoms with Gasteiger partial charge in [-0.2, -0.15) is 0 Å². The smallest absolute Gasteiger partial charge is 0.0314 e. The van der Waals surface area contributed by atoms with Gasteiger partial charge in [-0.05, 0) is 35.4 Å². The highest BCUT2D eigenvalue weighted by Gasteiger charge is 1.95. The van der Waals surface area contributed by atoms with Gasteiger partial charge in [0.05, 0.1) is 0 Å². The van der Waals surface area contributed by atoms with Crippen molar-refractivity contribution in [2.45, 2.75) is 0 Å². The zero-order valence-corrected chi connectivity index (χ0v) is 8.27. The number of hydrogen-bond donors (Lipinski definition) is 2. The van der Waals surface area contributed by atoms with Crippen LogP contribution in [-0.4, -0.2) is 5.48 Å². The number of rotatable bonds is 1. The molecule has 2 rings (SSSR count). The lowest BCUT2D eigenvalue weighted by Gasteiger charge is -2.02. The van der Waals surface area contributed by atoms with Crippen molar-refractivity contribution in [3.05, 3.63) is 48.5 Å². The molecule has 0 spiro atoms. The maximum Gasteiger partial charge on any atom is 0.0314 e. The van der Waals surface area contributed by atoms with Crippen molar-refractivity contribution in [2.24, 2.45) is 0 Å². The summed E-state index contributed by atoms with van der Waals surface area (Å²) in [7, 11) is 0. The third-order valence-electron chi connectivity index (χ3n) is 2.15. The molecule has 3 nitrogen and oxygen atoms in total. The van der Waals surface area contributed by atoms with E-state index in [0.29, 0.717) is 0 Å². The van der Waals surface area contributed by atoms with Crippen molar-refractivity contribution >= 4 is 11.4 Å². The van der Waals surface area contributed by atoms with Crippen LogP contribution in [0.2, 0.25) is 0 Å². The first-order valence-electron chi connectivity index (χ1n) is 4.47. The number of nitrogens with two attached hydrogens (primary N) is 2. The van der Waals surface area contributed by atoms with Crippen molar-refractivity contribution in [1.29, 1.82) is 0 Å². The molecule has 0 aliphatic heterocycles. The highest BCUT2D eigenvalue weighted by atomic mass is 16.0. The number of nitrogen functional groups attached to an aromatic ring is 2. The predicted octanol–water partition coefficient (Wildman–Crippen LogP) is 1.69. The van der Waals surface area contributed by atoms with Crippen LogP contribution in [0.5, 0.6) is 0 Å². The Hall–Kier alpha value is -2.00. The van der Waals surface area contributed by atoms with Crippen molar-refractivity contribution in [1.82, 2.24) is 0 Å². The second-order valence-electron chi connectivity index (χ2n) is 3.24. The molecular formula is C12H14N2O. The molecule has 0 bridgehead atoms. The van der Waals surface area contributed by atoms with Gasteiger partial charge < -0.3 is 16.9 Å². The van der Waals surface area contributed by atoms with Gasteiger partial charge in [-0.15, -0.1) is 0 Å². The van der Waals surface area contributed by atoms with Crippen LogP contribution in [0.25, 0.3) is 11.1 Å². The first-order valence-corrected chi connectivity index (χ1v) is 4.47. The van der Waals surface area contributed by atoms with E-state index in [1.54, 1.807) is 0 Å². The molecule has 0 saturated carbocycles. The molecule has 0 radical (unpaired) electrons. The van der Waals surface area contributed by atoms with Gasteiger partial charge in [-0.3, -0.25) is 0 Å². The Morgan fingerprint density at radius 3 is 1.07 bits per heavy atom. The molecule has 0 aromatic heterocycles. The minimum absolute atomic E-state index is 0. The van der Waals surface area contributed by atoms with E-state index in [1.165, 1.54) is 0 Å². The van der Waals surface area contributed by atoms with E-state index in [1.807, 2.05) is 48.5 Å². The summed E-state index contributed by atoms with van der Waals surface area (Å²) in [4.78, 5) is 0. The van der Waals surface area contributed by atoms with Crippen LogP contribution in [0, 0.1) is 0 Å². The molecule has 0 aliphatic carbocycles. The molecule has 2 aromatic rings. The van der Waals surface area contributed by atoms with E-state index in [9.17, 15) is 0 Å². The van der Waals surface area contributed by atoms with Gasteiger partial charge in [-0.25, -0.2) is 0 Å². The van der Waals surface area contributed by atoms with E-state index in [4.69, 9.17) is 11.5 Å². The van der Waals surface area contributed by atoms with Crippen molar-refractivity contribution < 1.29 is 5.48 Å². The molecule has 0 heterocycles. The van der Waals surface area contributed by atoms with Gasteiger partial charge in [0.1, 0.15) is 0 Å². The molecule has 0 aliphatic rings. The fraction of sp³-hybridized carbons (Fsp3) is 0. The predicted molar refractivity (Wildman–Crippen MR) is 64.3 cm³/mol. The minimum Gasteiger partial charge on any atom is -0.412 e. The lowest BCUT2D eigenvalue weighted by Crippen LogP contribution is -1.85. The second-order valence-corrected chi connectivity index (χ2v) is 3.24. The fourth-order valence-corrected chi connectivity index (χ4v) is 1.35. The summed E-state index contributed by atoms with van der Waals surface area (Å²) in [6.07, 6.45) is 0. The van der Waals surface area contributed by atoms with Crippen molar-refractivity contribution in [3.8, 4) is 11.1 Å². The molecule has 6 N–H and O–H groups in total. The van der Waals surface area contributed by atoms with Crippen LogP contribution in [0.15, 0.2) is 48.5 Å². The Kier molecular flexibility index (Phi) is 3.31. The van der Waals surface area contributed by atoms with Crippen LogP contribution in [0.4, 0.5) is 11.4 Å². The Morgan fingerprint density at radius 1 is 0.533 bits per heavy atom. The molecule has 0 saturated heterocycles. The molecule has 0 atom stereocenters. The summed E-state index contributed by atoms with van der Waals surface area (Å²) in [6.45, 7) is 0. The Balaban J connectivity index is 0.00000112. The van der Waals surface area contributed by atoms with E-state index < -0.39 is 0 Å². The molecular weight excluding hydrogens is 188 g/mol. The van der Waals surface area contributed by atoms with Gasteiger partial charge in [0, 0.05) is 11.4 Å². The van der Waals surface area contributed by atoms with Crippen molar-refractivity contribution in [2.75, 3.05) is 11.5 Å². The maximum absolute atomic E-state index is 5.61. The summed E-state index contributed by atoms with van der Waals surface area (Å²) in [5, 5.41) is 0. The zero-order chi connectivity index (χ0) is 9.97. The molecule has 0 amide bonds. The number of benzene rings is 2. The summed E-state index contributed by atoms with van der Waals surface area (Å²) in [5.41, 5.74) is 15.1. The summed E-state index contributed by atoms with van der Waals surface area (Å²) in [6, 6.07) is 15.6. The first kappa shape index (κ1) is 11.1. The minimum atomic E-state index is 0. The summed E-state index contributed by atoms with van der Waals surface area (Å²) >= 11 is 0.